The Hall–Kier alpha value is -0.520. The molecule has 1 N–H and O–H groups in total. The van der Waals surface area contributed by atoms with Gasteiger partial charge in [0.15, 0.2) is 15.0 Å². The van der Waals surface area contributed by atoms with Gasteiger partial charge in [-0.05, 0) is 37.8 Å². The number of pyridine rings is 1. The number of hydrogen-bond donors (Lipinski definition) is 1. The molecule has 0 saturated heterocycles. The highest BCUT2D eigenvalue weighted by Crippen LogP contribution is 2.32. The molecule has 2 unspecified atom stereocenters. The molecule has 2 rings (SSSR count). The topological polar surface area (TPSA) is 59.1 Å². The Balaban J connectivity index is 2.27. The van der Waals surface area contributed by atoms with E-state index in [-0.39, 0.29) is 16.4 Å². The van der Waals surface area contributed by atoms with Crippen LogP contribution in [0.25, 0.3) is 0 Å². The molecule has 2 atom stereocenters. The molecule has 1 fully saturated rings. The van der Waals surface area contributed by atoms with Gasteiger partial charge in [-0.15, -0.1) is 0 Å². The largest absolute Gasteiger partial charge is 0.378 e. The Morgan fingerprint density at radius 2 is 2.05 bits per heavy atom. The van der Waals surface area contributed by atoms with Crippen molar-refractivity contribution in [3.8, 4) is 0 Å². The zero-order chi connectivity index (χ0) is 14.2. The van der Waals surface area contributed by atoms with Crippen molar-refractivity contribution in [3.05, 3.63) is 21.9 Å². The van der Waals surface area contributed by atoms with Crippen LogP contribution in [0, 0.1) is 6.92 Å². The molecule has 1 heterocycles. The zero-order valence-electron chi connectivity index (χ0n) is 10.8. The van der Waals surface area contributed by atoms with E-state index in [9.17, 15) is 8.42 Å². The molecular weight excluding hydrogens is 307 g/mol. The first kappa shape index (κ1) is 14.9. The predicted octanol–water partition coefficient (Wildman–Crippen LogP) is 3.07. The molecule has 1 aromatic rings. The van der Waals surface area contributed by atoms with Crippen LogP contribution in [0.5, 0.6) is 0 Å². The summed E-state index contributed by atoms with van der Waals surface area (Å²) < 4.78 is 23.5. The van der Waals surface area contributed by atoms with Crippen LogP contribution >= 0.6 is 23.2 Å². The van der Waals surface area contributed by atoms with Gasteiger partial charge in [0.25, 0.3) is 0 Å². The number of sulfone groups is 1. The summed E-state index contributed by atoms with van der Waals surface area (Å²) in [6, 6.07) is 1.59. The minimum Gasteiger partial charge on any atom is -0.378 e. The van der Waals surface area contributed by atoms with Crippen molar-refractivity contribution in [1.29, 1.82) is 0 Å². The summed E-state index contributed by atoms with van der Waals surface area (Å²) in [4.78, 5) is 3.98. The van der Waals surface area contributed by atoms with Gasteiger partial charge >= 0.3 is 0 Å². The van der Waals surface area contributed by atoms with E-state index in [1.54, 1.807) is 6.07 Å². The third-order valence-corrected chi connectivity index (χ3v) is 5.60. The molecule has 7 heteroatoms. The van der Waals surface area contributed by atoms with Crippen LogP contribution < -0.4 is 5.32 Å². The molecule has 1 saturated carbocycles. The number of anilines is 1. The molecule has 1 aromatic heterocycles. The van der Waals surface area contributed by atoms with Crippen molar-refractivity contribution in [2.75, 3.05) is 11.6 Å². The van der Waals surface area contributed by atoms with E-state index in [4.69, 9.17) is 23.2 Å². The number of nitrogens with one attached hydrogen (secondary N) is 1. The number of aryl methyl sites for hydroxylation is 1. The molecular formula is C12H16Cl2N2O2S. The second kappa shape index (κ2) is 5.46. The third-order valence-electron chi connectivity index (χ3n) is 3.47. The Labute approximate surface area is 123 Å². The van der Waals surface area contributed by atoms with Crippen molar-refractivity contribution in [2.24, 2.45) is 0 Å². The fourth-order valence-corrected chi connectivity index (χ4v) is 4.54. The molecule has 0 spiro atoms. The normalized spacial score (nSPS) is 23.6. The molecule has 106 valence electrons. The SMILES string of the molecule is Cc1cc(Cl)nc(Cl)c1NC1CCCC1S(C)(=O)=O. The fourth-order valence-electron chi connectivity index (χ4n) is 2.56. The first-order valence-corrected chi connectivity index (χ1v) is 8.78. The molecule has 1 aliphatic carbocycles. The first-order chi connectivity index (χ1) is 8.79. The molecule has 1 aliphatic rings. The Morgan fingerprint density at radius 3 is 2.63 bits per heavy atom. The quantitative estimate of drug-likeness (QED) is 0.869. The summed E-state index contributed by atoms with van der Waals surface area (Å²) in [7, 11) is -3.06. The number of halogens is 2. The zero-order valence-corrected chi connectivity index (χ0v) is 13.1. The predicted molar refractivity (Wildman–Crippen MR) is 78.9 cm³/mol. The molecule has 4 nitrogen and oxygen atoms in total. The smallest absolute Gasteiger partial charge is 0.154 e. The lowest BCUT2D eigenvalue weighted by Crippen LogP contribution is -2.34. The van der Waals surface area contributed by atoms with Crippen LogP contribution in [0.1, 0.15) is 24.8 Å². The minimum absolute atomic E-state index is 0.117. The monoisotopic (exact) mass is 322 g/mol. The number of nitrogens with zero attached hydrogens (tertiary/aromatic N) is 1. The van der Waals surface area contributed by atoms with Gasteiger partial charge in [-0.1, -0.05) is 23.2 Å². The summed E-state index contributed by atoms with van der Waals surface area (Å²) >= 11 is 11.9. The summed E-state index contributed by atoms with van der Waals surface area (Å²) in [6.45, 7) is 1.87. The van der Waals surface area contributed by atoms with E-state index in [1.165, 1.54) is 6.26 Å². The standard InChI is InChI=1S/C12H16Cl2N2O2S/c1-7-6-10(13)16-12(14)11(7)15-8-4-3-5-9(8)19(2,17)18/h6,8-9,15H,3-5H2,1-2H3. The molecule has 0 amide bonds. The van der Waals surface area contributed by atoms with E-state index >= 15 is 0 Å². The maximum atomic E-state index is 11.7. The van der Waals surface area contributed by atoms with Crippen molar-refractivity contribution >= 4 is 38.7 Å². The van der Waals surface area contributed by atoms with Crippen LogP contribution in [-0.4, -0.2) is 30.9 Å². The highest BCUT2D eigenvalue weighted by atomic mass is 35.5. The lowest BCUT2D eigenvalue weighted by Gasteiger charge is -2.22. The van der Waals surface area contributed by atoms with Gasteiger partial charge in [-0.2, -0.15) is 0 Å². The minimum atomic E-state index is -3.06. The lowest BCUT2D eigenvalue weighted by molar-refractivity contribution is 0.579. The molecule has 0 aliphatic heterocycles. The molecule has 19 heavy (non-hydrogen) atoms. The molecule has 0 radical (unpaired) electrons. The van der Waals surface area contributed by atoms with Crippen molar-refractivity contribution in [2.45, 2.75) is 37.5 Å². The van der Waals surface area contributed by atoms with E-state index in [0.29, 0.717) is 17.3 Å². The molecule has 0 bridgehead atoms. The lowest BCUT2D eigenvalue weighted by atomic mass is 10.2. The van der Waals surface area contributed by atoms with Crippen LogP contribution in [-0.2, 0) is 9.84 Å². The Kier molecular flexibility index (Phi) is 4.28. The van der Waals surface area contributed by atoms with Gasteiger partial charge in [-0.3, -0.25) is 0 Å². The van der Waals surface area contributed by atoms with E-state index in [1.807, 2.05) is 6.92 Å². The Morgan fingerprint density at radius 1 is 1.37 bits per heavy atom. The summed E-state index contributed by atoms with van der Waals surface area (Å²) in [5.74, 6) is 0. The van der Waals surface area contributed by atoms with Gasteiger partial charge in [0.1, 0.15) is 5.15 Å². The van der Waals surface area contributed by atoms with Gasteiger partial charge in [-0.25, -0.2) is 13.4 Å². The summed E-state index contributed by atoms with van der Waals surface area (Å²) in [5, 5.41) is 3.48. The number of hydrogen-bond acceptors (Lipinski definition) is 4. The van der Waals surface area contributed by atoms with E-state index < -0.39 is 9.84 Å². The maximum absolute atomic E-state index is 11.7. The van der Waals surface area contributed by atoms with E-state index in [0.717, 1.165) is 18.4 Å². The van der Waals surface area contributed by atoms with Crippen LogP contribution in [0.3, 0.4) is 0 Å². The van der Waals surface area contributed by atoms with Crippen molar-refractivity contribution in [1.82, 2.24) is 4.98 Å². The van der Waals surface area contributed by atoms with Crippen molar-refractivity contribution < 1.29 is 8.42 Å². The van der Waals surface area contributed by atoms with Gasteiger partial charge in [0.05, 0.1) is 10.9 Å². The average Bonchev–Trinajstić information content (AvgIpc) is 2.70. The number of aromatic nitrogens is 1. The maximum Gasteiger partial charge on any atom is 0.154 e. The van der Waals surface area contributed by atoms with Crippen LogP contribution in [0.2, 0.25) is 10.3 Å². The van der Waals surface area contributed by atoms with Crippen LogP contribution in [0.4, 0.5) is 5.69 Å². The first-order valence-electron chi connectivity index (χ1n) is 6.07. The Bertz CT molecular complexity index is 566. The second-order valence-electron chi connectivity index (χ2n) is 4.98. The second-order valence-corrected chi connectivity index (χ2v) is 7.99. The average molecular weight is 323 g/mol. The third kappa shape index (κ3) is 3.33. The highest BCUT2D eigenvalue weighted by molar-refractivity contribution is 7.91. The fraction of sp³-hybridized carbons (Fsp3) is 0.583. The summed E-state index contributed by atoms with van der Waals surface area (Å²) in [5.41, 5.74) is 1.54. The molecule has 0 aromatic carbocycles. The van der Waals surface area contributed by atoms with Gasteiger partial charge in [0, 0.05) is 12.3 Å². The van der Waals surface area contributed by atoms with E-state index in [2.05, 4.69) is 10.3 Å². The van der Waals surface area contributed by atoms with Gasteiger partial charge in [0.2, 0.25) is 0 Å². The van der Waals surface area contributed by atoms with Crippen LogP contribution in [0.15, 0.2) is 6.07 Å². The highest BCUT2D eigenvalue weighted by Gasteiger charge is 2.35. The van der Waals surface area contributed by atoms with Gasteiger partial charge < -0.3 is 5.32 Å². The van der Waals surface area contributed by atoms with Crippen molar-refractivity contribution in [3.63, 3.8) is 0 Å². The summed E-state index contributed by atoms with van der Waals surface area (Å²) in [6.07, 6.45) is 3.68. The number of rotatable bonds is 3.